The van der Waals surface area contributed by atoms with Gasteiger partial charge in [0.2, 0.25) is 21.8 Å². The molecular weight excluding hydrogens is 506 g/mol. The van der Waals surface area contributed by atoms with E-state index in [1.54, 1.807) is 43.3 Å². The summed E-state index contributed by atoms with van der Waals surface area (Å²) in [4.78, 5) is 28.1. The number of hydrogen-bond acceptors (Lipinski definition) is 6. The molecule has 2 aromatic carbocycles. The van der Waals surface area contributed by atoms with Crippen LogP contribution in [0.25, 0.3) is 0 Å². The van der Waals surface area contributed by atoms with Crippen molar-refractivity contribution in [3.8, 4) is 11.5 Å². The van der Waals surface area contributed by atoms with E-state index in [-0.39, 0.29) is 23.9 Å². The minimum absolute atomic E-state index is 0.0981. The van der Waals surface area contributed by atoms with Gasteiger partial charge in [-0.25, -0.2) is 8.42 Å². The number of halogens is 1. The fourth-order valence-corrected chi connectivity index (χ4v) is 4.63. The Balaban J connectivity index is 2.50. The van der Waals surface area contributed by atoms with Crippen molar-refractivity contribution in [3.63, 3.8) is 0 Å². The van der Waals surface area contributed by atoms with E-state index in [2.05, 4.69) is 5.32 Å². The van der Waals surface area contributed by atoms with Crippen LogP contribution in [-0.2, 0) is 26.2 Å². The smallest absolute Gasteiger partial charge is 0.244 e. The second-order valence-corrected chi connectivity index (χ2v) is 10.5. The standard InChI is InChI=1S/C25H34ClN3O6S/c1-6-14-27-25(31)21(7-2)28(16-18-8-10-19(26)11-9-18)24(30)17-29(36(5,32)33)22-15-20(34-3)12-13-23(22)35-4/h8-13,15,21H,6-7,14,16-17H2,1-5H3,(H,27,31). The van der Waals surface area contributed by atoms with Crippen LogP contribution in [0, 0.1) is 0 Å². The number of ether oxygens (including phenoxy) is 2. The molecule has 0 bridgehead atoms. The molecule has 0 aromatic heterocycles. The van der Waals surface area contributed by atoms with Crippen LogP contribution in [0.1, 0.15) is 32.3 Å². The maximum atomic E-state index is 13.7. The van der Waals surface area contributed by atoms with Crippen molar-refractivity contribution in [2.24, 2.45) is 0 Å². The number of anilines is 1. The average Bonchev–Trinajstić information content (AvgIpc) is 2.85. The van der Waals surface area contributed by atoms with E-state index in [4.69, 9.17) is 21.1 Å². The summed E-state index contributed by atoms with van der Waals surface area (Å²) in [6, 6.07) is 10.8. The van der Waals surface area contributed by atoms with Crippen molar-refractivity contribution in [3.05, 3.63) is 53.1 Å². The molecule has 0 aliphatic carbocycles. The molecule has 2 rings (SSSR count). The Bertz CT molecular complexity index is 1140. The summed E-state index contributed by atoms with van der Waals surface area (Å²) in [6.07, 6.45) is 2.09. The van der Waals surface area contributed by atoms with Gasteiger partial charge in [-0.1, -0.05) is 37.6 Å². The molecule has 1 atom stereocenters. The molecule has 0 aliphatic rings. The SMILES string of the molecule is CCCNC(=O)C(CC)N(Cc1ccc(Cl)cc1)C(=O)CN(c1cc(OC)ccc1OC)S(C)(=O)=O. The average molecular weight is 540 g/mol. The van der Waals surface area contributed by atoms with Crippen LogP contribution >= 0.6 is 11.6 Å². The molecular formula is C25H34ClN3O6S. The molecule has 9 nitrogen and oxygen atoms in total. The van der Waals surface area contributed by atoms with Crippen LogP contribution in [0.4, 0.5) is 5.69 Å². The predicted molar refractivity (Wildman–Crippen MR) is 141 cm³/mol. The first-order valence-electron chi connectivity index (χ1n) is 11.6. The van der Waals surface area contributed by atoms with Gasteiger partial charge in [-0.15, -0.1) is 0 Å². The molecule has 2 aromatic rings. The van der Waals surface area contributed by atoms with E-state index < -0.39 is 28.5 Å². The fraction of sp³-hybridized carbons (Fsp3) is 0.440. The van der Waals surface area contributed by atoms with Crippen molar-refractivity contribution in [1.29, 1.82) is 0 Å². The van der Waals surface area contributed by atoms with Gasteiger partial charge in [-0.05, 0) is 42.7 Å². The molecule has 0 heterocycles. The van der Waals surface area contributed by atoms with Gasteiger partial charge in [0.05, 0.1) is 26.2 Å². The van der Waals surface area contributed by atoms with E-state index in [1.807, 2.05) is 6.92 Å². The van der Waals surface area contributed by atoms with E-state index >= 15 is 0 Å². The number of nitrogens with one attached hydrogen (secondary N) is 1. The third kappa shape index (κ3) is 7.76. The highest BCUT2D eigenvalue weighted by Crippen LogP contribution is 2.34. The van der Waals surface area contributed by atoms with Gasteiger partial charge in [0, 0.05) is 24.2 Å². The normalized spacial score (nSPS) is 11.9. The number of nitrogens with zero attached hydrogens (tertiary/aromatic N) is 2. The zero-order valence-electron chi connectivity index (χ0n) is 21.3. The van der Waals surface area contributed by atoms with Crippen LogP contribution in [0.2, 0.25) is 5.02 Å². The minimum Gasteiger partial charge on any atom is -0.497 e. The Labute approximate surface area is 218 Å². The molecule has 36 heavy (non-hydrogen) atoms. The molecule has 2 amide bonds. The number of amides is 2. The first-order chi connectivity index (χ1) is 17.0. The molecule has 1 unspecified atom stereocenters. The molecule has 0 saturated carbocycles. The number of sulfonamides is 1. The topological polar surface area (TPSA) is 105 Å². The lowest BCUT2D eigenvalue weighted by atomic mass is 10.1. The van der Waals surface area contributed by atoms with Gasteiger partial charge in [0.1, 0.15) is 24.1 Å². The Kier molecular flexibility index (Phi) is 10.9. The zero-order valence-corrected chi connectivity index (χ0v) is 22.9. The minimum atomic E-state index is -3.92. The van der Waals surface area contributed by atoms with Gasteiger partial charge < -0.3 is 19.7 Å². The van der Waals surface area contributed by atoms with Gasteiger partial charge >= 0.3 is 0 Å². The summed E-state index contributed by atoms with van der Waals surface area (Å²) in [5.41, 5.74) is 0.905. The predicted octanol–water partition coefficient (Wildman–Crippen LogP) is 3.46. The van der Waals surface area contributed by atoms with E-state index in [0.29, 0.717) is 23.7 Å². The summed E-state index contributed by atoms with van der Waals surface area (Å²) in [5, 5.41) is 3.38. The summed E-state index contributed by atoms with van der Waals surface area (Å²) >= 11 is 6.01. The van der Waals surface area contributed by atoms with E-state index in [9.17, 15) is 18.0 Å². The number of hydrogen-bond donors (Lipinski definition) is 1. The number of rotatable bonds is 13. The first-order valence-corrected chi connectivity index (χ1v) is 13.8. The summed E-state index contributed by atoms with van der Waals surface area (Å²) in [5.74, 6) is -0.188. The van der Waals surface area contributed by atoms with Crippen LogP contribution in [0.15, 0.2) is 42.5 Å². The van der Waals surface area contributed by atoms with Crippen molar-refractivity contribution in [1.82, 2.24) is 10.2 Å². The summed E-state index contributed by atoms with van der Waals surface area (Å²) < 4.78 is 37.2. The third-order valence-electron chi connectivity index (χ3n) is 5.54. The fourth-order valence-electron chi connectivity index (χ4n) is 3.66. The van der Waals surface area contributed by atoms with Gasteiger partial charge in [0.15, 0.2) is 0 Å². The Morgan fingerprint density at radius 1 is 1.06 bits per heavy atom. The van der Waals surface area contributed by atoms with E-state index in [0.717, 1.165) is 22.5 Å². The Morgan fingerprint density at radius 3 is 2.25 bits per heavy atom. The summed E-state index contributed by atoms with van der Waals surface area (Å²) in [7, 11) is -1.05. The van der Waals surface area contributed by atoms with Gasteiger partial charge in [-0.3, -0.25) is 13.9 Å². The maximum Gasteiger partial charge on any atom is 0.244 e. The molecule has 0 aliphatic heterocycles. The molecule has 0 radical (unpaired) electrons. The lowest BCUT2D eigenvalue weighted by molar-refractivity contribution is -0.140. The highest BCUT2D eigenvalue weighted by molar-refractivity contribution is 7.92. The second-order valence-electron chi connectivity index (χ2n) is 8.17. The van der Waals surface area contributed by atoms with Crippen LogP contribution in [0.5, 0.6) is 11.5 Å². The first kappa shape index (κ1) is 29.3. The Morgan fingerprint density at radius 2 is 1.72 bits per heavy atom. The van der Waals surface area contributed by atoms with Crippen molar-refractivity contribution >= 4 is 39.1 Å². The van der Waals surface area contributed by atoms with Crippen LogP contribution < -0.4 is 19.1 Å². The van der Waals surface area contributed by atoms with Gasteiger partial charge in [0.25, 0.3) is 0 Å². The molecule has 1 N–H and O–H groups in total. The second kappa shape index (κ2) is 13.4. The number of carbonyl (C=O) groups is 2. The lowest BCUT2D eigenvalue weighted by Crippen LogP contribution is -2.52. The number of benzene rings is 2. The third-order valence-corrected chi connectivity index (χ3v) is 6.91. The molecule has 0 saturated heterocycles. The highest BCUT2D eigenvalue weighted by atomic mass is 35.5. The molecule has 0 fully saturated rings. The summed E-state index contributed by atoms with van der Waals surface area (Å²) in [6.45, 7) is 3.77. The molecule has 198 valence electrons. The van der Waals surface area contributed by atoms with Gasteiger partial charge in [-0.2, -0.15) is 0 Å². The molecule has 11 heteroatoms. The van der Waals surface area contributed by atoms with Crippen LogP contribution in [-0.4, -0.2) is 64.7 Å². The van der Waals surface area contributed by atoms with E-state index in [1.165, 1.54) is 25.2 Å². The van der Waals surface area contributed by atoms with Crippen molar-refractivity contribution < 1.29 is 27.5 Å². The highest BCUT2D eigenvalue weighted by Gasteiger charge is 2.32. The maximum absolute atomic E-state index is 13.7. The lowest BCUT2D eigenvalue weighted by Gasteiger charge is -2.33. The number of methoxy groups -OCH3 is 2. The zero-order chi connectivity index (χ0) is 26.9. The quantitative estimate of drug-likeness (QED) is 0.418. The van der Waals surface area contributed by atoms with Crippen LogP contribution in [0.3, 0.4) is 0 Å². The number of carbonyl (C=O) groups excluding carboxylic acids is 2. The van der Waals surface area contributed by atoms with Crippen molar-refractivity contribution in [2.75, 3.05) is 37.9 Å². The molecule has 0 spiro atoms. The largest absolute Gasteiger partial charge is 0.497 e. The monoisotopic (exact) mass is 539 g/mol. The Hall–Kier alpha value is -2.98. The van der Waals surface area contributed by atoms with Crippen molar-refractivity contribution in [2.45, 2.75) is 39.3 Å².